The number of allylic oxidation sites excluding steroid dienone is 2. The Morgan fingerprint density at radius 1 is 1.30 bits per heavy atom. The van der Waals surface area contributed by atoms with Crippen molar-refractivity contribution in [2.75, 3.05) is 6.61 Å². The summed E-state index contributed by atoms with van der Waals surface area (Å²) in [6.07, 6.45) is 5.86. The lowest BCUT2D eigenvalue weighted by Crippen LogP contribution is -2.55. The van der Waals surface area contributed by atoms with Crippen molar-refractivity contribution in [2.45, 2.75) is 65.9 Å². The van der Waals surface area contributed by atoms with Crippen LogP contribution in [-0.2, 0) is 4.79 Å². The molecule has 2 N–H and O–H groups in total. The van der Waals surface area contributed by atoms with Crippen molar-refractivity contribution < 1.29 is 15.0 Å². The van der Waals surface area contributed by atoms with Gasteiger partial charge in [0, 0.05) is 13.0 Å². The molecule has 3 heteroatoms. The molecule has 23 heavy (non-hydrogen) atoms. The van der Waals surface area contributed by atoms with E-state index in [0.717, 1.165) is 36.0 Å². The smallest absolute Gasteiger partial charge is 0.159 e. The summed E-state index contributed by atoms with van der Waals surface area (Å²) in [4.78, 5) is 12.9. The van der Waals surface area contributed by atoms with E-state index in [1.165, 1.54) is 0 Å². The van der Waals surface area contributed by atoms with E-state index in [1.54, 1.807) is 0 Å². The van der Waals surface area contributed by atoms with Crippen molar-refractivity contribution >= 4 is 5.78 Å². The van der Waals surface area contributed by atoms with Crippen LogP contribution in [-0.4, -0.2) is 28.7 Å². The monoisotopic (exact) mass is 318 g/mol. The number of carbonyl (C=O) groups excluding carboxylic acids is 1. The summed E-state index contributed by atoms with van der Waals surface area (Å²) in [6.45, 7) is 8.57. The van der Waals surface area contributed by atoms with Crippen molar-refractivity contribution in [3.63, 3.8) is 0 Å². The number of hydrogen-bond donors (Lipinski definition) is 2. The average Bonchev–Trinajstić information content (AvgIpc) is 2.49. The van der Waals surface area contributed by atoms with E-state index in [2.05, 4.69) is 13.8 Å². The molecule has 128 valence electrons. The zero-order valence-corrected chi connectivity index (χ0v) is 14.9. The third-order valence-corrected chi connectivity index (χ3v) is 7.05. The van der Waals surface area contributed by atoms with Crippen LogP contribution in [0.2, 0.25) is 0 Å². The van der Waals surface area contributed by atoms with Crippen molar-refractivity contribution in [1.82, 2.24) is 0 Å². The van der Waals surface area contributed by atoms with Crippen LogP contribution in [0.3, 0.4) is 0 Å². The molecular weight excluding hydrogens is 288 g/mol. The summed E-state index contributed by atoms with van der Waals surface area (Å²) < 4.78 is 0. The molecule has 0 bridgehead atoms. The lowest BCUT2D eigenvalue weighted by molar-refractivity contribution is -0.136. The van der Waals surface area contributed by atoms with Gasteiger partial charge in [0.25, 0.3) is 0 Å². The van der Waals surface area contributed by atoms with Crippen LogP contribution >= 0.6 is 0 Å². The van der Waals surface area contributed by atoms with Crippen LogP contribution in [0.4, 0.5) is 0 Å². The largest absolute Gasteiger partial charge is 0.396 e. The van der Waals surface area contributed by atoms with Gasteiger partial charge >= 0.3 is 0 Å². The second-order valence-corrected chi connectivity index (χ2v) is 8.71. The van der Waals surface area contributed by atoms with E-state index in [1.807, 2.05) is 19.9 Å². The SMILES string of the molecule is CC(C)=C1C=C2C(=O)C[C@@H]3[C@@](C)(CO)CCC[C@@]3(C)[C@@H]2C[C@H]1O. The van der Waals surface area contributed by atoms with Gasteiger partial charge in [-0.2, -0.15) is 0 Å². The molecule has 0 aliphatic heterocycles. The highest BCUT2D eigenvalue weighted by Gasteiger charge is 2.57. The van der Waals surface area contributed by atoms with Gasteiger partial charge in [-0.1, -0.05) is 25.8 Å². The first kappa shape index (κ1) is 16.9. The second-order valence-electron chi connectivity index (χ2n) is 8.71. The predicted octanol–water partition coefficient (Wildman–Crippen LogP) is 3.41. The number of ketones is 1. The molecule has 3 nitrogen and oxygen atoms in total. The van der Waals surface area contributed by atoms with Gasteiger partial charge in [0.05, 0.1) is 6.10 Å². The molecular formula is C20H30O3. The molecule has 0 aromatic rings. The zero-order chi connectivity index (χ0) is 17.0. The van der Waals surface area contributed by atoms with E-state index in [-0.39, 0.29) is 35.1 Å². The number of aliphatic hydroxyl groups excluding tert-OH is 2. The zero-order valence-electron chi connectivity index (χ0n) is 14.9. The van der Waals surface area contributed by atoms with Crippen molar-refractivity contribution in [3.8, 4) is 0 Å². The van der Waals surface area contributed by atoms with Crippen LogP contribution in [0.1, 0.15) is 59.8 Å². The summed E-state index contributed by atoms with van der Waals surface area (Å²) in [5, 5.41) is 20.6. The highest BCUT2D eigenvalue weighted by molar-refractivity contribution is 5.98. The molecule has 0 spiro atoms. The normalized spacial score (nSPS) is 43.6. The highest BCUT2D eigenvalue weighted by Crippen LogP contribution is 2.62. The first-order valence-corrected chi connectivity index (χ1v) is 8.94. The molecule has 0 saturated heterocycles. The van der Waals surface area contributed by atoms with Gasteiger partial charge in [-0.3, -0.25) is 4.79 Å². The Morgan fingerprint density at radius 3 is 2.61 bits per heavy atom. The summed E-state index contributed by atoms with van der Waals surface area (Å²) in [7, 11) is 0. The Morgan fingerprint density at radius 2 is 2.00 bits per heavy atom. The number of hydrogen-bond acceptors (Lipinski definition) is 3. The van der Waals surface area contributed by atoms with Gasteiger partial charge in [-0.25, -0.2) is 0 Å². The second kappa shape index (κ2) is 5.56. The number of fused-ring (bicyclic) bond motifs is 3. The summed E-state index contributed by atoms with van der Waals surface area (Å²) in [5.41, 5.74) is 2.77. The van der Waals surface area contributed by atoms with Gasteiger partial charge in [-0.15, -0.1) is 0 Å². The molecule has 0 amide bonds. The molecule has 0 heterocycles. The van der Waals surface area contributed by atoms with Gasteiger partial charge in [0.2, 0.25) is 0 Å². The van der Waals surface area contributed by atoms with Crippen molar-refractivity contribution in [2.24, 2.45) is 22.7 Å². The topological polar surface area (TPSA) is 57.5 Å². The predicted molar refractivity (Wildman–Crippen MR) is 90.8 cm³/mol. The number of aliphatic hydroxyl groups is 2. The lowest BCUT2D eigenvalue weighted by atomic mass is 9.45. The lowest BCUT2D eigenvalue weighted by Gasteiger charge is -2.58. The van der Waals surface area contributed by atoms with Crippen molar-refractivity contribution in [1.29, 1.82) is 0 Å². The number of carbonyl (C=O) groups is 1. The average molecular weight is 318 g/mol. The van der Waals surface area contributed by atoms with E-state index < -0.39 is 6.10 Å². The molecule has 0 aromatic heterocycles. The number of Topliss-reactive ketones (excluding diaryl/α,β-unsaturated/α-hetero) is 1. The molecule has 0 unspecified atom stereocenters. The maximum Gasteiger partial charge on any atom is 0.159 e. The standard InChI is InChI=1S/C20H30O3/c1-12(2)13-8-14-15(9-16(13)22)20(4)7-5-6-19(3,11-21)18(20)10-17(14)23/h8,15-16,18,21-22H,5-7,9-11H2,1-4H3/t15-,16-,18-,19-,20+/m1/s1. The fourth-order valence-corrected chi connectivity index (χ4v) is 5.63. The van der Waals surface area contributed by atoms with Crippen LogP contribution in [0.15, 0.2) is 22.8 Å². The molecule has 0 aromatic carbocycles. The van der Waals surface area contributed by atoms with E-state index in [4.69, 9.17) is 0 Å². The van der Waals surface area contributed by atoms with Gasteiger partial charge in [0.1, 0.15) is 0 Å². The minimum Gasteiger partial charge on any atom is -0.396 e. The van der Waals surface area contributed by atoms with E-state index in [0.29, 0.717) is 12.8 Å². The fraction of sp³-hybridized carbons (Fsp3) is 0.750. The van der Waals surface area contributed by atoms with Gasteiger partial charge in [-0.05, 0) is 73.0 Å². The van der Waals surface area contributed by atoms with E-state index >= 15 is 0 Å². The van der Waals surface area contributed by atoms with Crippen LogP contribution in [0.25, 0.3) is 0 Å². The Labute approximate surface area is 139 Å². The molecule has 2 saturated carbocycles. The van der Waals surface area contributed by atoms with E-state index in [9.17, 15) is 15.0 Å². The highest BCUT2D eigenvalue weighted by atomic mass is 16.3. The maximum atomic E-state index is 12.9. The Balaban J connectivity index is 2.08. The minimum atomic E-state index is -0.473. The molecule has 3 aliphatic rings. The molecule has 5 atom stereocenters. The summed E-state index contributed by atoms with van der Waals surface area (Å²) in [5.74, 6) is 0.562. The first-order valence-electron chi connectivity index (χ1n) is 8.94. The summed E-state index contributed by atoms with van der Waals surface area (Å²) in [6, 6.07) is 0. The Kier molecular flexibility index (Phi) is 4.09. The van der Waals surface area contributed by atoms with Crippen LogP contribution < -0.4 is 0 Å². The third kappa shape index (κ3) is 2.44. The minimum absolute atomic E-state index is 0.00360. The third-order valence-electron chi connectivity index (χ3n) is 7.05. The van der Waals surface area contributed by atoms with Gasteiger partial charge in [0.15, 0.2) is 5.78 Å². The molecule has 0 radical (unpaired) electrons. The first-order chi connectivity index (χ1) is 10.7. The van der Waals surface area contributed by atoms with Crippen molar-refractivity contribution in [3.05, 3.63) is 22.8 Å². The fourth-order valence-electron chi connectivity index (χ4n) is 5.63. The molecule has 3 rings (SSSR count). The maximum absolute atomic E-state index is 12.9. The summed E-state index contributed by atoms with van der Waals surface area (Å²) >= 11 is 0. The van der Waals surface area contributed by atoms with Gasteiger partial charge < -0.3 is 10.2 Å². The Bertz CT molecular complexity index is 584. The number of rotatable bonds is 1. The quantitative estimate of drug-likeness (QED) is 0.779. The van der Waals surface area contributed by atoms with Crippen LogP contribution in [0, 0.1) is 22.7 Å². The Hall–Kier alpha value is -0.930. The molecule has 3 aliphatic carbocycles. The van der Waals surface area contributed by atoms with Crippen LogP contribution in [0.5, 0.6) is 0 Å². The molecule has 2 fully saturated rings.